The number of hydrogen-bond acceptors (Lipinski definition) is 2. The SMILES string of the molecule is CCN(c1ccc(CC(C)N)cc1Cl)C1CCCCC1. The maximum Gasteiger partial charge on any atom is 0.0642 e. The number of benzene rings is 1. The predicted octanol–water partition coefficient (Wildman–Crippen LogP) is 4.39. The summed E-state index contributed by atoms with van der Waals surface area (Å²) in [5.74, 6) is 0. The molecule has 20 heavy (non-hydrogen) atoms. The Bertz CT molecular complexity index is 425. The third-order valence-corrected chi connectivity index (χ3v) is 4.54. The molecule has 0 aromatic heterocycles. The molecule has 1 atom stereocenters. The van der Waals surface area contributed by atoms with Crippen molar-refractivity contribution < 1.29 is 0 Å². The highest BCUT2D eigenvalue weighted by Crippen LogP contribution is 2.32. The largest absolute Gasteiger partial charge is 0.368 e. The summed E-state index contributed by atoms with van der Waals surface area (Å²) >= 11 is 6.52. The first-order valence-electron chi connectivity index (χ1n) is 7.92. The standard InChI is InChI=1S/C17H27ClN2/c1-3-20(15-7-5-4-6-8-15)17-10-9-14(11-13(2)19)12-16(17)18/h9-10,12-13,15H,3-8,11,19H2,1-2H3. The second-order valence-electron chi connectivity index (χ2n) is 6.05. The molecule has 1 saturated carbocycles. The Labute approximate surface area is 128 Å². The van der Waals surface area contributed by atoms with Gasteiger partial charge in [0.1, 0.15) is 0 Å². The maximum atomic E-state index is 6.52. The number of nitrogens with zero attached hydrogens (tertiary/aromatic N) is 1. The summed E-state index contributed by atoms with van der Waals surface area (Å²) in [5.41, 5.74) is 8.28. The minimum Gasteiger partial charge on any atom is -0.368 e. The van der Waals surface area contributed by atoms with Gasteiger partial charge in [0.2, 0.25) is 0 Å². The van der Waals surface area contributed by atoms with Gasteiger partial charge in [0.05, 0.1) is 10.7 Å². The van der Waals surface area contributed by atoms with E-state index < -0.39 is 0 Å². The molecule has 0 spiro atoms. The van der Waals surface area contributed by atoms with Gasteiger partial charge in [-0.2, -0.15) is 0 Å². The van der Waals surface area contributed by atoms with E-state index >= 15 is 0 Å². The lowest BCUT2D eigenvalue weighted by Gasteiger charge is -2.36. The first-order valence-corrected chi connectivity index (χ1v) is 8.30. The van der Waals surface area contributed by atoms with Crippen molar-refractivity contribution in [3.63, 3.8) is 0 Å². The highest BCUT2D eigenvalue weighted by molar-refractivity contribution is 6.33. The van der Waals surface area contributed by atoms with E-state index in [0.717, 1.165) is 18.0 Å². The van der Waals surface area contributed by atoms with Crippen LogP contribution in [0, 0.1) is 0 Å². The van der Waals surface area contributed by atoms with Crippen molar-refractivity contribution in [3.05, 3.63) is 28.8 Å². The molecule has 2 rings (SSSR count). The average Bonchev–Trinajstić information content (AvgIpc) is 2.42. The zero-order valence-electron chi connectivity index (χ0n) is 12.7. The Hall–Kier alpha value is -0.730. The van der Waals surface area contributed by atoms with E-state index in [-0.39, 0.29) is 6.04 Å². The number of hydrogen-bond donors (Lipinski definition) is 1. The summed E-state index contributed by atoms with van der Waals surface area (Å²) in [4.78, 5) is 2.48. The number of halogens is 1. The van der Waals surface area contributed by atoms with Crippen LogP contribution in [0.5, 0.6) is 0 Å². The maximum absolute atomic E-state index is 6.52. The van der Waals surface area contributed by atoms with Crippen LogP contribution in [-0.4, -0.2) is 18.6 Å². The van der Waals surface area contributed by atoms with Crippen molar-refractivity contribution in [2.45, 2.75) is 64.5 Å². The molecule has 112 valence electrons. The van der Waals surface area contributed by atoms with Crippen LogP contribution in [0.2, 0.25) is 5.02 Å². The monoisotopic (exact) mass is 294 g/mol. The lowest BCUT2D eigenvalue weighted by atomic mass is 9.93. The number of anilines is 1. The summed E-state index contributed by atoms with van der Waals surface area (Å²) in [6.45, 7) is 5.28. The molecule has 1 aromatic carbocycles. The molecule has 1 fully saturated rings. The third kappa shape index (κ3) is 3.89. The Morgan fingerprint density at radius 3 is 2.55 bits per heavy atom. The van der Waals surface area contributed by atoms with Gasteiger partial charge < -0.3 is 10.6 Å². The van der Waals surface area contributed by atoms with E-state index in [0.29, 0.717) is 6.04 Å². The molecule has 0 radical (unpaired) electrons. The van der Waals surface area contributed by atoms with Gasteiger partial charge in [-0.25, -0.2) is 0 Å². The van der Waals surface area contributed by atoms with Crippen molar-refractivity contribution in [2.24, 2.45) is 5.73 Å². The van der Waals surface area contributed by atoms with E-state index in [1.807, 2.05) is 6.92 Å². The zero-order valence-corrected chi connectivity index (χ0v) is 13.5. The highest BCUT2D eigenvalue weighted by Gasteiger charge is 2.21. The minimum atomic E-state index is 0.178. The third-order valence-electron chi connectivity index (χ3n) is 4.24. The van der Waals surface area contributed by atoms with Crippen molar-refractivity contribution in [3.8, 4) is 0 Å². The van der Waals surface area contributed by atoms with Crippen LogP contribution in [0.25, 0.3) is 0 Å². The Morgan fingerprint density at radius 1 is 1.30 bits per heavy atom. The van der Waals surface area contributed by atoms with Gasteiger partial charge in [-0.1, -0.05) is 36.9 Å². The molecule has 0 aliphatic heterocycles. The predicted molar refractivity (Wildman–Crippen MR) is 88.7 cm³/mol. The van der Waals surface area contributed by atoms with Gasteiger partial charge in [-0.05, 0) is 50.8 Å². The second kappa shape index (κ2) is 7.33. The normalized spacial score (nSPS) is 18.0. The van der Waals surface area contributed by atoms with Gasteiger partial charge in [0, 0.05) is 18.6 Å². The van der Waals surface area contributed by atoms with Crippen molar-refractivity contribution in [1.29, 1.82) is 0 Å². The van der Waals surface area contributed by atoms with E-state index in [1.165, 1.54) is 43.4 Å². The van der Waals surface area contributed by atoms with Crippen molar-refractivity contribution >= 4 is 17.3 Å². The second-order valence-corrected chi connectivity index (χ2v) is 6.45. The van der Waals surface area contributed by atoms with Crippen LogP contribution < -0.4 is 10.6 Å². The zero-order chi connectivity index (χ0) is 14.5. The van der Waals surface area contributed by atoms with Gasteiger partial charge in [0.15, 0.2) is 0 Å². The lowest BCUT2D eigenvalue weighted by Crippen LogP contribution is -2.36. The Morgan fingerprint density at radius 2 is 2.00 bits per heavy atom. The molecular weight excluding hydrogens is 268 g/mol. The van der Waals surface area contributed by atoms with Crippen molar-refractivity contribution in [1.82, 2.24) is 0 Å². The molecule has 2 N–H and O–H groups in total. The van der Waals surface area contributed by atoms with Crippen LogP contribution in [0.3, 0.4) is 0 Å². The molecule has 1 aromatic rings. The quantitative estimate of drug-likeness (QED) is 0.873. The molecule has 1 aliphatic rings. The van der Waals surface area contributed by atoms with Crippen LogP contribution in [0.1, 0.15) is 51.5 Å². The fourth-order valence-electron chi connectivity index (χ4n) is 3.30. The summed E-state index contributed by atoms with van der Waals surface area (Å²) in [7, 11) is 0. The van der Waals surface area contributed by atoms with Crippen LogP contribution in [-0.2, 0) is 6.42 Å². The first-order chi connectivity index (χ1) is 9.61. The number of rotatable bonds is 5. The summed E-state index contributed by atoms with van der Waals surface area (Å²) < 4.78 is 0. The molecule has 0 saturated heterocycles. The highest BCUT2D eigenvalue weighted by atomic mass is 35.5. The fraction of sp³-hybridized carbons (Fsp3) is 0.647. The molecule has 0 bridgehead atoms. The van der Waals surface area contributed by atoms with Crippen LogP contribution in [0.4, 0.5) is 5.69 Å². The molecule has 3 heteroatoms. The topological polar surface area (TPSA) is 29.3 Å². The average molecular weight is 295 g/mol. The minimum absolute atomic E-state index is 0.178. The molecular formula is C17H27ClN2. The van der Waals surface area contributed by atoms with Crippen LogP contribution >= 0.6 is 11.6 Å². The van der Waals surface area contributed by atoms with E-state index in [1.54, 1.807) is 0 Å². The summed E-state index contributed by atoms with van der Waals surface area (Å²) in [6, 6.07) is 7.28. The lowest BCUT2D eigenvalue weighted by molar-refractivity contribution is 0.418. The first kappa shape index (κ1) is 15.7. The Balaban J connectivity index is 2.16. The van der Waals surface area contributed by atoms with Gasteiger partial charge >= 0.3 is 0 Å². The molecule has 0 heterocycles. The van der Waals surface area contributed by atoms with E-state index in [9.17, 15) is 0 Å². The van der Waals surface area contributed by atoms with Crippen molar-refractivity contribution in [2.75, 3.05) is 11.4 Å². The Kier molecular flexibility index (Phi) is 5.74. The van der Waals surface area contributed by atoms with Gasteiger partial charge in [0.25, 0.3) is 0 Å². The summed E-state index contributed by atoms with van der Waals surface area (Å²) in [5, 5.41) is 0.871. The number of nitrogens with two attached hydrogens (primary N) is 1. The van der Waals surface area contributed by atoms with Crippen LogP contribution in [0.15, 0.2) is 18.2 Å². The molecule has 0 amide bonds. The molecule has 2 nitrogen and oxygen atoms in total. The fourth-order valence-corrected chi connectivity index (χ4v) is 3.61. The molecule has 1 unspecified atom stereocenters. The summed E-state index contributed by atoms with van der Waals surface area (Å²) in [6.07, 6.45) is 7.56. The van der Waals surface area contributed by atoms with E-state index in [2.05, 4.69) is 30.0 Å². The molecule has 1 aliphatic carbocycles. The van der Waals surface area contributed by atoms with Gasteiger partial charge in [-0.15, -0.1) is 0 Å². The van der Waals surface area contributed by atoms with Gasteiger partial charge in [-0.3, -0.25) is 0 Å². The van der Waals surface area contributed by atoms with E-state index in [4.69, 9.17) is 17.3 Å². The smallest absolute Gasteiger partial charge is 0.0642 e.